The quantitative estimate of drug-likeness (QED) is 0.223. The van der Waals surface area contributed by atoms with Gasteiger partial charge in [0.1, 0.15) is 12.6 Å². The Morgan fingerprint density at radius 1 is 0.957 bits per heavy atom. The van der Waals surface area contributed by atoms with Gasteiger partial charge >= 0.3 is 6.09 Å². The molecule has 1 aromatic heterocycles. The van der Waals surface area contributed by atoms with Gasteiger partial charge in [0.15, 0.2) is 5.13 Å². The number of unbranched alkanes of at least 4 members (excludes halogenated alkanes) is 1. The van der Waals surface area contributed by atoms with Gasteiger partial charge in [-0.25, -0.2) is 9.78 Å². The molecule has 2 aromatic carbocycles. The van der Waals surface area contributed by atoms with E-state index in [-0.39, 0.29) is 35.7 Å². The van der Waals surface area contributed by atoms with Crippen LogP contribution in [0, 0.1) is 0 Å². The predicted molar refractivity (Wildman–Crippen MR) is 184 cm³/mol. The zero-order valence-corrected chi connectivity index (χ0v) is 28.1. The van der Waals surface area contributed by atoms with Crippen molar-refractivity contribution >= 4 is 57.7 Å². The number of aromatic nitrogens is 1. The fourth-order valence-electron chi connectivity index (χ4n) is 5.98. The molecular weight excluding hydrogens is 635 g/mol. The number of anilines is 2. The first-order chi connectivity index (χ1) is 23.0. The molecule has 0 spiro atoms. The van der Waals surface area contributed by atoms with Crippen molar-refractivity contribution < 1.29 is 23.9 Å². The van der Waals surface area contributed by atoms with Gasteiger partial charge in [0.05, 0.1) is 11.1 Å². The minimum atomic E-state index is -0.787. The van der Waals surface area contributed by atoms with Crippen molar-refractivity contribution in [2.75, 3.05) is 23.7 Å². The summed E-state index contributed by atoms with van der Waals surface area (Å²) in [4.78, 5) is 63.0. The van der Waals surface area contributed by atoms with Gasteiger partial charge in [-0.3, -0.25) is 24.2 Å². The summed E-state index contributed by atoms with van der Waals surface area (Å²) in [5.41, 5.74) is 1.95. The SMILES string of the molecule is O=C(NC1CC1)c1ccc(N(C(=O)C2CSC(CCCCC(=O)N3CCCCC3)N2C(=O)OCc2ccccc2)c2nccs2)cc1. The van der Waals surface area contributed by atoms with E-state index in [4.69, 9.17) is 4.74 Å². The van der Waals surface area contributed by atoms with Crippen molar-refractivity contribution in [1.82, 2.24) is 20.1 Å². The molecule has 2 atom stereocenters. The molecule has 3 heterocycles. The number of hydrogen-bond acceptors (Lipinski definition) is 8. The second-order valence-electron chi connectivity index (χ2n) is 12.2. The number of nitrogens with one attached hydrogen (secondary N) is 1. The van der Waals surface area contributed by atoms with E-state index in [1.54, 1.807) is 52.5 Å². The third kappa shape index (κ3) is 8.53. The molecule has 10 nitrogen and oxygen atoms in total. The number of nitrogens with zero attached hydrogens (tertiary/aromatic N) is 4. The number of thioether (sulfide) groups is 1. The monoisotopic (exact) mass is 675 g/mol. The lowest BCUT2D eigenvalue weighted by Gasteiger charge is -2.31. The predicted octanol–water partition coefficient (Wildman–Crippen LogP) is 6.35. The summed E-state index contributed by atoms with van der Waals surface area (Å²) in [5, 5.41) is 5.00. The highest BCUT2D eigenvalue weighted by atomic mass is 32.2. The summed E-state index contributed by atoms with van der Waals surface area (Å²) in [7, 11) is 0. The van der Waals surface area contributed by atoms with E-state index in [1.807, 2.05) is 35.2 Å². The van der Waals surface area contributed by atoms with Crippen LogP contribution in [0.2, 0.25) is 0 Å². The smallest absolute Gasteiger partial charge is 0.411 e. The molecule has 1 aliphatic carbocycles. The van der Waals surface area contributed by atoms with E-state index < -0.39 is 12.1 Å². The van der Waals surface area contributed by atoms with Gasteiger partial charge < -0.3 is 15.0 Å². The first-order valence-corrected chi connectivity index (χ1v) is 18.4. The summed E-state index contributed by atoms with van der Waals surface area (Å²) < 4.78 is 5.79. The lowest BCUT2D eigenvalue weighted by Crippen LogP contribution is -2.50. The zero-order chi connectivity index (χ0) is 32.6. The first kappa shape index (κ1) is 33.0. The molecule has 248 valence electrons. The number of ether oxygens (including phenoxy) is 1. The molecule has 0 radical (unpaired) electrons. The fourth-order valence-corrected chi connectivity index (χ4v) is 8.08. The van der Waals surface area contributed by atoms with E-state index in [1.165, 1.54) is 22.7 Å². The largest absolute Gasteiger partial charge is 0.445 e. The van der Waals surface area contributed by atoms with Crippen LogP contribution in [0.3, 0.4) is 0 Å². The summed E-state index contributed by atoms with van der Waals surface area (Å²) in [5.74, 6) is 0.180. The minimum absolute atomic E-state index is 0.0966. The Bertz CT molecular complexity index is 1510. The number of benzene rings is 2. The van der Waals surface area contributed by atoms with Crippen molar-refractivity contribution in [2.45, 2.75) is 81.9 Å². The molecule has 1 saturated carbocycles. The van der Waals surface area contributed by atoms with Gasteiger partial charge in [-0.15, -0.1) is 23.1 Å². The van der Waals surface area contributed by atoms with Crippen molar-refractivity contribution in [1.29, 1.82) is 0 Å². The van der Waals surface area contributed by atoms with E-state index in [0.29, 0.717) is 35.0 Å². The zero-order valence-electron chi connectivity index (χ0n) is 26.4. The Labute approximate surface area is 283 Å². The highest BCUT2D eigenvalue weighted by Gasteiger charge is 2.45. The molecule has 3 fully saturated rings. The molecule has 47 heavy (non-hydrogen) atoms. The van der Waals surface area contributed by atoms with Crippen LogP contribution < -0.4 is 10.2 Å². The maximum absolute atomic E-state index is 14.4. The number of hydrogen-bond donors (Lipinski definition) is 1. The highest BCUT2D eigenvalue weighted by Crippen LogP contribution is 2.37. The first-order valence-electron chi connectivity index (χ1n) is 16.5. The number of amides is 4. The van der Waals surface area contributed by atoms with Gasteiger partial charge in [0.2, 0.25) is 5.91 Å². The second-order valence-corrected chi connectivity index (χ2v) is 14.3. The molecule has 12 heteroatoms. The Morgan fingerprint density at radius 2 is 1.72 bits per heavy atom. The van der Waals surface area contributed by atoms with E-state index in [9.17, 15) is 19.2 Å². The fraction of sp³-hybridized carbons (Fsp3) is 0.457. The highest BCUT2D eigenvalue weighted by molar-refractivity contribution is 8.00. The number of thiazole rings is 1. The molecule has 6 rings (SSSR count). The Kier molecular flexibility index (Phi) is 11.1. The van der Waals surface area contributed by atoms with Gasteiger partial charge in [-0.05, 0) is 74.8 Å². The second kappa shape index (κ2) is 15.8. The van der Waals surface area contributed by atoms with E-state index in [2.05, 4.69) is 10.3 Å². The summed E-state index contributed by atoms with van der Waals surface area (Å²) in [6.45, 7) is 1.78. The van der Waals surface area contributed by atoms with Crippen molar-refractivity contribution in [3.05, 3.63) is 77.3 Å². The lowest BCUT2D eigenvalue weighted by molar-refractivity contribution is -0.132. The standard InChI is InChI=1S/C35H41N5O5S2/c41-30(38-20-7-2-8-21-38)11-5-6-12-31-40(35(44)45-23-25-9-3-1-4-10-25)29(24-47-31)33(43)39(34-36-19-22-46-34)28-17-13-26(14-18-28)32(42)37-27-15-16-27/h1,3-4,9-10,13-14,17-19,22,27,29,31H,2,5-8,11-12,15-16,20-21,23-24H2,(H,37,42). The maximum Gasteiger partial charge on any atom is 0.411 e. The maximum atomic E-state index is 14.4. The van der Waals surface area contributed by atoms with Gasteiger partial charge in [-0.2, -0.15) is 0 Å². The Morgan fingerprint density at radius 3 is 2.43 bits per heavy atom. The lowest BCUT2D eigenvalue weighted by atomic mass is 10.1. The molecule has 2 aliphatic heterocycles. The van der Waals surface area contributed by atoms with E-state index >= 15 is 0 Å². The van der Waals surface area contributed by atoms with Crippen molar-refractivity contribution in [3.63, 3.8) is 0 Å². The Hall–Kier alpha value is -3.90. The molecule has 3 aromatic rings. The Balaban J connectivity index is 1.17. The minimum Gasteiger partial charge on any atom is -0.445 e. The molecule has 0 bridgehead atoms. The van der Waals surface area contributed by atoms with Crippen LogP contribution in [-0.4, -0.2) is 74.9 Å². The molecule has 1 N–H and O–H groups in total. The number of carbonyl (C=O) groups is 4. The van der Waals surface area contributed by atoms with Crippen LogP contribution in [-0.2, 0) is 20.9 Å². The number of carbonyl (C=O) groups excluding carboxylic acids is 4. The normalized spacial score (nSPS) is 19.3. The third-order valence-electron chi connectivity index (χ3n) is 8.73. The number of rotatable bonds is 12. The average Bonchev–Trinajstić information content (AvgIpc) is 3.56. The van der Waals surface area contributed by atoms with Crippen LogP contribution in [0.25, 0.3) is 0 Å². The molecule has 3 aliphatic rings. The number of likely N-dealkylation sites (tertiary alicyclic amines) is 1. The summed E-state index contributed by atoms with van der Waals surface area (Å²) >= 11 is 2.89. The third-order valence-corrected chi connectivity index (χ3v) is 10.8. The van der Waals surface area contributed by atoms with Crippen LogP contribution in [0.15, 0.2) is 66.2 Å². The van der Waals surface area contributed by atoms with Crippen LogP contribution in [0.5, 0.6) is 0 Å². The van der Waals surface area contributed by atoms with Crippen LogP contribution >= 0.6 is 23.1 Å². The van der Waals surface area contributed by atoms with Crippen LogP contribution in [0.1, 0.15) is 73.7 Å². The van der Waals surface area contributed by atoms with E-state index in [0.717, 1.165) is 57.2 Å². The van der Waals surface area contributed by atoms with Crippen LogP contribution in [0.4, 0.5) is 15.6 Å². The topological polar surface area (TPSA) is 112 Å². The average molecular weight is 676 g/mol. The van der Waals surface area contributed by atoms with Gasteiger partial charge in [0.25, 0.3) is 11.8 Å². The van der Waals surface area contributed by atoms with Gasteiger partial charge in [0, 0.05) is 48.4 Å². The molecule has 2 unspecified atom stereocenters. The molecule has 4 amide bonds. The van der Waals surface area contributed by atoms with Crippen molar-refractivity contribution in [3.8, 4) is 0 Å². The molecular formula is C35H41N5O5S2. The summed E-state index contributed by atoms with van der Waals surface area (Å²) in [6.07, 6.45) is 9.02. The molecule has 2 saturated heterocycles. The number of piperidine rings is 1. The van der Waals surface area contributed by atoms with Gasteiger partial charge in [-0.1, -0.05) is 36.8 Å². The van der Waals surface area contributed by atoms with Crippen molar-refractivity contribution in [2.24, 2.45) is 0 Å². The summed E-state index contributed by atoms with van der Waals surface area (Å²) in [6, 6.07) is 15.8.